The van der Waals surface area contributed by atoms with Crippen molar-refractivity contribution in [1.82, 2.24) is 0 Å². The molecule has 2 aliphatic carbocycles. The molecule has 0 amide bonds. The topological polar surface area (TPSA) is 16.4 Å². The molecule has 8 aromatic carbocycles. The Balaban J connectivity index is 1.08. The standard InChI is InChI=1S/C53H39NO/c1-33-39-18-10-11-19-43(39)45-30-38(26-27-40(33)45)54(36-16-8-5-9-17-36)37-24-22-35(23-25-37)41-28-29-42(34-14-6-4-7-15-34)52-51(41)47-31-46-44-20-12-13-21-48(44)53(2,3)49(46)32-50(47)55-52/h4-33H,1-3H3. The Morgan fingerprint density at radius 2 is 1.07 bits per heavy atom. The van der Waals surface area contributed by atoms with Crippen molar-refractivity contribution < 1.29 is 4.42 Å². The minimum atomic E-state index is -0.106. The van der Waals surface area contributed by atoms with Crippen LogP contribution in [-0.4, -0.2) is 0 Å². The molecule has 2 nitrogen and oxygen atoms in total. The summed E-state index contributed by atoms with van der Waals surface area (Å²) in [4.78, 5) is 2.37. The maximum atomic E-state index is 6.96. The molecule has 1 unspecified atom stereocenters. The van der Waals surface area contributed by atoms with Gasteiger partial charge in [0.15, 0.2) is 0 Å². The molecular weight excluding hydrogens is 667 g/mol. The van der Waals surface area contributed by atoms with Crippen LogP contribution in [0, 0.1) is 0 Å². The molecule has 1 heterocycles. The lowest BCUT2D eigenvalue weighted by molar-refractivity contribution is 0.648. The second kappa shape index (κ2) is 11.9. The summed E-state index contributed by atoms with van der Waals surface area (Å²) in [5.74, 6) is 0.385. The summed E-state index contributed by atoms with van der Waals surface area (Å²) in [5, 5.41) is 2.30. The number of furan rings is 1. The number of para-hydroxylation sites is 1. The molecule has 262 valence electrons. The van der Waals surface area contributed by atoms with Crippen molar-refractivity contribution in [1.29, 1.82) is 0 Å². The highest BCUT2D eigenvalue weighted by atomic mass is 16.3. The zero-order chi connectivity index (χ0) is 36.8. The molecule has 2 aliphatic rings. The number of hydrogen-bond donors (Lipinski definition) is 0. The van der Waals surface area contributed by atoms with Crippen LogP contribution in [0.1, 0.15) is 48.9 Å². The molecule has 1 aromatic heterocycles. The van der Waals surface area contributed by atoms with E-state index in [1.165, 1.54) is 50.1 Å². The van der Waals surface area contributed by atoms with Crippen LogP contribution in [0.3, 0.4) is 0 Å². The van der Waals surface area contributed by atoms with Crippen LogP contribution in [0.15, 0.2) is 180 Å². The average Bonchev–Trinajstić information content (AvgIpc) is 3.83. The molecule has 11 rings (SSSR count). The zero-order valence-electron chi connectivity index (χ0n) is 31.2. The summed E-state index contributed by atoms with van der Waals surface area (Å²) in [6.07, 6.45) is 0. The normalized spacial score (nSPS) is 14.8. The first kappa shape index (κ1) is 31.8. The lowest BCUT2D eigenvalue weighted by atomic mass is 9.82. The lowest BCUT2D eigenvalue weighted by Gasteiger charge is -2.26. The second-order valence-electron chi connectivity index (χ2n) is 15.7. The fourth-order valence-electron chi connectivity index (χ4n) is 9.56. The van der Waals surface area contributed by atoms with Crippen LogP contribution in [0.4, 0.5) is 17.1 Å². The van der Waals surface area contributed by atoms with Gasteiger partial charge in [0.1, 0.15) is 11.2 Å². The fourth-order valence-corrected chi connectivity index (χ4v) is 9.56. The Morgan fingerprint density at radius 1 is 0.455 bits per heavy atom. The van der Waals surface area contributed by atoms with Gasteiger partial charge in [0, 0.05) is 44.7 Å². The molecule has 0 aliphatic heterocycles. The summed E-state index contributed by atoms with van der Waals surface area (Å²) in [6, 6.07) is 64.3. The van der Waals surface area contributed by atoms with Gasteiger partial charge in [0.2, 0.25) is 0 Å². The molecule has 9 aromatic rings. The predicted octanol–water partition coefficient (Wildman–Crippen LogP) is 14.8. The van der Waals surface area contributed by atoms with E-state index in [-0.39, 0.29) is 5.41 Å². The Morgan fingerprint density at radius 3 is 1.87 bits per heavy atom. The van der Waals surface area contributed by atoms with Crippen molar-refractivity contribution >= 4 is 39.0 Å². The molecule has 0 fully saturated rings. The van der Waals surface area contributed by atoms with Crippen LogP contribution < -0.4 is 4.90 Å². The monoisotopic (exact) mass is 705 g/mol. The molecule has 0 saturated heterocycles. The van der Waals surface area contributed by atoms with E-state index in [4.69, 9.17) is 4.42 Å². The third-order valence-electron chi connectivity index (χ3n) is 12.3. The highest BCUT2D eigenvalue weighted by Crippen LogP contribution is 2.52. The van der Waals surface area contributed by atoms with E-state index in [0.29, 0.717) is 5.92 Å². The Kier molecular flexibility index (Phi) is 6.91. The first-order valence-electron chi connectivity index (χ1n) is 19.3. The van der Waals surface area contributed by atoms with Gasteiger partial charge < -0.3 is 9.32 Å². The molecule has 55 heavy (non-hydrogen) atoms. The first-order valence-corrected chi connectivity index (χ1v) is 19.3. The maximum absolute atomic E-state index is 6.96. The summed E-state index contributed by atoms with van der Waals surface area (Å²) in [5.41, 5.74) is 20.5. The van der Waals surface area contributed by atoms with Gasteiger partial charge in [-0.15, -0.1) is 0 Å². The van der Waals surface area contributed by atoms with Crippen LogP contribution >= 0.6 is 0 Å². The summed E-state index contributed by atoms with van der Waals surface area (Å²) in [6.45, 7) is 6.97. The summed E-state index contributed by atoms with van der Waals surface area (Å²) >= 11 is 0. The minimum Gasteiger partial charge on any atom is -0.455 e. The molecule has 0 N–H and O–H groups in total. The molecule has 1 atom stereocenters. The van der Waals surface area contributed by atoms with Gasteiger partial charge in [0.05, 0.1) is 0 Å². The number of nitrogens with zero attached hydrogens (tertiary/aromatic N) is 1. The van der Waals surface area contributed by atoms with E-state index < -0.39 is 0 Å². The largest absolute Gasteiger partial charge is 0.455 e. The molecular formula is C53H39NO. The number of rotatable bonds is 5. The van der Waals surface area contributed by atoms with Gasteiger partial charge in [-0.05, 0) is 116 Å². The lowest BCUT2D eigenvalue weighted by Crippen LogP contribution is -2.14. The summed E-state index contributed by atoms with van der Waals surface area (Å²) in [7, 11) is 0. The second-order valence-corrected chi connectivity index (χ2v) is 15.7. The van der Waals surface area contributed by atoms with Crippen molar-refractivity contribution in [3.8, 4) is 44.5 Å². The van der Waals surface area contributed by atoms with Crippen molar-refractivity contribution in [3.05, 3.63) is 198 Å². The van der Waals surface area contributed by atoms with Crippen LogP contribution in [0.5, 0.6) is 0 Å². The van der Waals surface area contributed by atoms with Gasteiger partial charge in [-0.25, -0.2) is 0 Å². The van der Waals surface area contributed by atoms with E-state index in [0.717, 1.165) is 55.7 Å². The van der Waals surface area contributed by atoms with Crippen LogP contribution in [0.25, 0.3) is 66.4 Å². The van der Waals surface area contributed by atoms with Gasteiger partial charge in [0.25, 0.3) is 0 Å². The zero-order valence-corrected chi connectivity index (χ0v) is 31.2. The Hall–Kier alpha value is -6.64. The van der Waals surface area contributed by atoms with Gasteiger partial charge in [-0.1, -0.05) is 142 Å². The highest BCUT2D eigenvalue weighted by molar-refractivity contribution is 6.17. The Bertz CT molecular complexity index is 2950. The number of hydrogen-bond acceptors (Lipinski definition) is 2. The van der Waals surface area contributed by atoms with Crippen molar-refractivity contribution in [2.75, 3.05) is 4.90 Å². The fraction of sp³-hybridized carbons (Fsp3) is 0.0943. The SMILES string of the molecule is CC1c2ccccc2-c2cc(N(c3ccccc3)c3ccc(-c4ccc(-c5ccccc5)c5oc6cc7c(cc6c45)-c4ccccc4C7(C)C)cc3)ccc21. The van der Waals surface area contributed by atoms with E-state index in [2.05, 4.69) is 202 Å². The smallest absolute Gasteiger partial charge is 0.143 e. The molecule has 0 radical (unpaired) electrons. The van der Waals surface area contributed by atoms with Gasteiger partial charge in [-0.2, -0.15) is 0 Å². The third kappa shape index (κ3) is 4.74. The average molecular weight is 706 g/mol. The number of fused-ring (bicyclic) bond motifs is 9. The van der Waals surface area contributed by atoms with E-state index in [1.54, 1.807) is 0 Å². The van der Waals surface area contributed by atoms with Crippen LogP contribution in [0.2, 0.25) is 0 Å². The molecule has 0 saturated carbocycles. The van der Waals surface area contributed by atoms with E-state index in [9.17, 15) is 0 Å². The number of benzene rings is 8. The minimum absolute atomic E-state index is 0.106. The Labute approximate surface area is 322 Å². The van der Waals surface area contributed by atoms with E-state index >= 15 is 0 Å². The molecule has 0 bridgehead atoms. The summed E-state index contributed by atoms with van der Waals surface area (Å²) < 4.78 is 6.96. The van der Waals surface area contributed by atoms with E-state index in [1.807, 2.05) is 0 Å². The highest BCUT2D eigenvalue weighted by Gasteiger charge is 2.36. The van der Waals surface area contributed by atoms with Gasteiger partial charge >= 0.3 is 0 Å². The maximum Gasteiger partial charge on any atom is 0.143 e. The third-order valence-corrected chi connectivity index (χ3v) is 12.3. The molecule has 2 heteroatoms. The van der Waals surface area contributed by atoms with Crippen molar-refractivity contribution in [3.63, 3.8) is 0 Å². The predicted molar refractivity (Wildman–Crippen MR) is 230 cm³/mol. The van der Waals surface area contributed by atoms with Crippen molar-refractivity contribution in [2.24, 2.45) is 0 Å². The van der Waals surface area contributed by atoms with Crippen molar-refractivity contribution in [2.45, 2.75) is 32.1 Å². The quantitative estimate of drug-likeness (QED) is 0.177. The van der Waals surface area contributed by atoms with Crippen LogP contribution in [-0.2, 0) is 5.41 Å². The van der Waals surface area contributed by atoms with Gasteiger partial charge in [-0.3, -0.25) is 0 Å². The molecule has 0 spiro atoms. The first-order chi connectivity index (χ1) is 27.0. The number of anilines is 3.